The highest BCUT2D eigenvalue weighted by Crippen LogP contribution is 2.60. The highest BCUT2D eigenvalue weighted by Gasteiger charge is 2.50. The molecule has 3 fully saturated rings. The fourth-order valence-electron chi connectivity index (χ4n) is 6.67. The van der Waals surface area contributed by atoms with Gasteiger partial charge in [0.05, 0.1) is 11.7 Å². The number of hydrogen-bond acceptors (Lipinski definition) is 2. The van der Waals surface area contributed by atoms with Crippen LogP contribution >= 0.6 is 0 Å². The zero-order valence-corrected chi connectivity index (χ0v) is 19.3. The Morgan fingerprint density at radius 1 is 1.21 bits per heavy atom. The minimum absolute atomic E-state index is 0.192. The minimum Gasteiger partial charge on any atom is -0.393 e. The van der Waals surface area contributed by atoms with Crippen LogP contribution < -0.4 is 0 Å². The average molecular weight is 401 g/mol. The van der Waals surface area contributed by atoms with Gasteiger partial charge in [-0.25, -0.2) is 0 Å². The lowest BCUT2D eigenvalue weighted by Crippen LogP contribution is -2.36. The number of fused-ring (bicyclic) bond motifs is 1. The van der Waals surface area contributed by atoms with Crippen molar-refractivity contribution in [1.29, 1.82) is 0 Å². The summed E-state index contributed by atoms with van der Waals surface area (Å²) < 4.78 is 0. The second-order valence-corrected chi connectivity index (χ2v) is 11.2. The van der Waals surface area contributed by atoms with Gasteiger partial charge in [0, 0.05) is 0 Å². The van der Waals surface area contributed by atoms with Crippen LogP contribution in [0.25, 0.3) is 0 Å². The van der Waals surface area contributed by atoms with Crippen LogP contribution in [0.1, 0.15) is 98.3 Å². The Bertz CT molecular complexity index is 650. The van der Waals surface area contributed by atoms with E-state index in [0.29, 0.717) is 5.41 Å². The van der Waals surface area contributed by atoms with Crippen LogP contribution in [0.5, 0.6) is 0 Å². The van der Waals surface area contributed by atoms with Crippen molar-refractivity contribution < 1.29 is 10.2 Å². The second kappa shape index (κ2) is 9.10. The first-order valence-electron chi connectivity index (χ1n) is 12.1. The van der Waals surface area contributed by atoms with Gasteiger partial charge in [-0.05, 0) is 100 Å². The summed E-state index contributed by atoms with van der Waals surface area (Å²) in [6.07, 6.45) is 16.9. The quantitative estimate of drug-likeness (QED) is 0.518. The molecule has 164 valence electrons. The first-order valence-corrected chi connectivity index (χ1v) is 12.1. The van der Waals surface area contributed by atoms with Crippen molar-refractivity contribution in [1.82, 2.24) is 0 Å². The van der Waals surface area contributed by atoms with Gasteiger partial charge in [0.15, 0.2) is 0 Å². The van der Waals surface area contributed by atoms with Gasteiger partial charge in [-0.2, -0.15) is 0 Å². The fraction of sp³-hybridized carbons (Fsp3) is 0.778. The van der Waals surface area contributed by atoms with Gasteiger partial charge in [0.25, 0.3) is 0 Å². The summed E-state index contributed by atoms with van der Waals surface area (Å²) in [4.78, 5) is 0. The normalized spacial score (nSPS) is 37.2. The number of rotatable bonds is 6. The maximum Gasteiger partial charge on any atom is 0.0591 e. The molecule has 0 aromatic carbocycles. The van der Waals surface area contributed by atoms with Crippen molar-refractivity contribution in [2.75, 3.05) is 0 Å². The Kier molecular flexibility index (Phi) is 7.16. The van der Waals surface area contributed by atoms with Crippen LogP contribution in [0, 0.1) is 23.2 Å². The molecule has 3 saturated carbocycles. The Morgan fingerprint density at radius 2 is 1.97 bits per heavy atom. The first kappa shape index (κ1) is 22.8. The van der Waals surface area contributed by atoms with Crippen molar-refractivity contribution >= 4 is 0 Å². The molecule has 29 heavy (non-hydrogen) atoms. The molecule has 0 aliphatic heterocycles. The fourth-order valence-corrected chi connectivity index (χ4v) is 6.67. The zero-order chi connectivity index (χ0) is 21.2. The smallest absolute Gasteiger partial charge is 0.0591 e. The van der Waals surface area contributed by atoms with Crippen molar-refractivity contribution in [2.45, 2.75) is 110 Å². The molecule has 2 nitrogen and oxygen atoms in total. The molecule has 3 rings (SSSR count). The van der Waals surface area contributed by atoms with Gasteiger partial charge in [-0.15, -0.1) is 0 Å². The van der Waals surface area contributed by atoms with E-state index in [9.17, 15) is 10.2 Å². The van der Waals surface area contributed by atoms with E-state index in [0.717, 1.165) is 49.9 Å². The van der Waals surface area contributed by atoms with Crippen LogP contribution in [0.4, 0.5) is 0 Å². The van der Waals surface area contributed by atoms with E-state index >= 15 is 0 Å². The van der Waals surface area contributed by atoms with E-state index < -0.39 is 5.60 Å². The topological polar surface area (TPSA) is 40.5 Å². The van der Waals surface area contributed by atoms with Gasteiger partial charge >= 0.3 is 0 Å². The van der Waals surface area contributed by atoms with Crippen LogP contribution in [-0.2, 0) is 0 Å². The molecular weight excluding hydrogens is 356 g/mol. The summed E-state index contributed by atoms with van der Waals surface area (Å²) in [6.45, 7) is 13.1. The predicted molar refractivity (Wildman–Crippen MR) is 123 cm³/mol. The van der Waals surface area contributed by atoms with Gasteiger partial charge in [-0.3, -0.25) is 0 Å². The summed E-state index contributed by atoms with van der Waals surface area (Å²) in [6, 6.07) is 0. The first-order chi connectivity index (χ1) is 13.6. The number of aliphatic hydroxyl groups excluding tert-OH is 1. The SMILES string of the molecule is C=C1CC[C@H](O)C/C1=C/C=C1\CCC[C@]2(C)[C@@H](C(C)CCCC(C)(C)O)CC[C@@H]12. The number of aliphatic hydroxyl groups is 2. The summed E-state index contributed by atoms with van der Waals surface area (Å²) in [5.74, 6) is 2.26. The summed E-state index contributed by atoms with van der Waals surface area (Å²) >= 11 is 0. The Balaban J connectivity index is 1.68. The highest BCUT2D eigenvalue weighted by molar-refractivity contribution is 5.36. The predicted octanol–water partition coefficient (Wildman–Crippen LogP) is 6.73. The molecule has 0 radical (unpaired) electrons. The van der Waals surface area contributed by atoms with Crippen LogP contribution in [0.15, 0.2) is 35.5 Å². The van der Waals surface area contributed by atoms with Crippen molar-refractivity contribution in [3.63, 3.8) is 0 Å². The largest absolute Gasteiger partial charge is 0.393 e. The van der Waals surface area contributed by atoms with E-state index in [1.54, 1.807) is 5.57 Å². The van der Waals surface area contributed by atoms with E-state index in [1.807, 2.05) is 13.8 Å². The molecule has 0 spiro atoms. The molecule has 0 amide bonds. The third kappa shape index (κ3) is 5.44. The Hall–Kier alpha value is -0.860. The molecular formula is C27H44O2. The lowest BCUT2D eigenvalue weighted by atomic mass is 9.60. The molecule has 0 aromatic heterocycles. The van der Waals surface area contributed by atoms with Gasteiger partial charge in [-0.1, -0.05) is 56.6 Å². The summed E-state index contributed by atoms with van der Waals surface area (Å²) in [7, 11) is 0. The molecule has 0 heterocycles. The number of hydrogen-bond donors (Lipinski definition) is 2. The standard InChI is InChI=1S/C27H44O2/c1-19-10-13-23(28)18-22(19)12-11-21-9-7-17-27(5)24(14-15-25(21)27)20(2)8-6-16-26(3,4)29/h11-12,20,23-25,28-29H,1,6-10,13-18H2,2-5H3/b21-11+,22-12-/t20?,23-,24+,25-,27+/m0/s1. The molecule has 3 aliphatic carbocycles. The van der Waals surface area contributed by atoms with Crippen LogP contribution in [0.3, 0.4) is 0 Å². The molecule has 0 bridgehead atoms. The van der Waals surface area contributed by atoms with E-state index in [4.69, 9.17) is 0 Å². The van der Waals surface area contributed by atoms with E-state index in [1.165, 1.54) is 49.7 Å². The van der Waals surface area contributed by atoms with Crippen LogP contribution in [0.2, 0.25) is 0 Å². The molecule has 3 aliphatic rings. The van der Waals surface area contributed by atoms with Gasteiger partial charge < -0.3 is 10.2 Å². The average Bonchev–Trinajstić information content (AvgIpc) is 2.99. The molecule has 0 saturated heterocycles. The lowest BCUT2D eigenvalue weighted by molar-refractivity contribution is 0.0596. The highest BCUT2D eigenvalue weighted by atomic mass is 16.3. The minimum atomic E-state index is -0.535. The van der Waals surface area contributed by atoms with Crippen molar-refractivity contribution in [3.8, 4) is 0 Å². The van der Waals surface area contributed by atoms with Crippen molar-refractivity contribution in [2.24, 2.45) is 23.2 Å². The van der Waals surface area contributed by atoms with Gasteiger partial charge in [0.1, 0.15) is 0 Å². The molecule has 0 aromatic rings. The summed E-state index contributed by atoms with van der Waals surface area (Å²) in [5, 5.41) is 20.1. The third-order valence-corrected chi connectivity index (χ3v) is 8.36. The van der Waals surface area contributed by atoms with Gasteiger partial charge in [0.2, 0.25) is 0 Å². The summed E-state index contributed by atoms with van der Waals surface area (Å²) in [5.41, 5.74) is 4.02. The van der Waals surface area contributed by atoms with E-state index in [2.05, 4.69) is 32.6 Å². The molecule has 1 unspecified atom stereocenters. The molecule has 2 N–H and O–H groups in total. The van der Waals surface area contributed by atoms with E-state index in [-0.39, 0.29) is 6.10 Å². The molecule has 5 atom stereocenters. The maximum atomic E-state index is 10.0. The number of allylic oxidation sites excluding steroid dienone is 4. The maximum absolute atomic E-state index is 10.0. The van der Waals surface area contributed by atoms with Crippen molar-refractivity contribution in [3.05, 3.63) is 35.5 Å². The van der Waals surface area contributed by atoms with Crippen LogP contribution in [-0.4, -0.2) is 21.9 Å². The Morgan fingerprint density at radius 3 is 2.69 bits per heavy atom. The lowest BCUT2D eigenvalue weighted by Gasteiger charge is -2.44. The zero-order valence-electron chi connectivity index (χ0n) is 19.3. The molecule has 2 heteroatoms. The third-order valence-electron chi connectivity index (χ3n) is 8.36. The Labute approximate surface area is 179 Å². The second-order valence-electron chi connectivity index (χ2n) is 11.2. The monoisotopic (exact) mass is 400 g/mol.